The summed E-state index contributed by atoms with van der Waals surface area (Å²) in [4.78, 5) is 37.3. The van der Waals surface area contributed by atoms with Crippen molar-refractivity contribution >= 4 is 40.1 Å². The fraction of sp³-hybridized carbons (Fsp3) is 0.0417. The fourth-order valence-corrected chi connectivity index (χ4v) is 3.25. The van der Waals surface area contributed by atoms with Gasteiger partial charge in [0.25, 0.3) is 11.8 Å². The van der Waals surface area contributed by atoms with Gasteiger partial charge < -0.3 is 15.1 Å². The highest BCUT2D eigenvalue weighted by atomic mass is 35.5. The first kappa shape index (κ1) is 20.4. The summed E-state index contributed by atoms with van der Waals surface area (Å²) in [7, 11) is 0. The van der Waals surface area contributed by atoms with Crippen LogP contribution in [-0.4, -0.2) is 11.8 Å². The van der Waals surface area contributed by atoms with Gasteiger partial charge in [-0.3, -0.25) is 9.59 Å². The van der Waals surface area contributed by atoms with Gasteiger partial charge in [0, 0.05) is 28.2 Å². The predicted molar refractivity (Wildman–Crippen MR) is 120 cm³/mol. The topological polar surface area (TPSA) is 88.4 Å². The summed E-state index contributed by atoms with van der Waals surface area (Å²) in [5, 5.41) is 6.46. The fourth-order valence-electron chi connectivity index (χ4n) is 3.07. The molecule has 1 heterocycles. The van der Waals surface area contributed by atoms with Crippen LogP contribution in [-0.2, 0) is 6.54 Å². The molecule has 0 saturated heterocycles. The number of rotatable bonds is 5. The molecule has 4 rings (SSSR count). The SMILES string of the molecule is O=C(NCc1ccccc1)c1cccc(NC(=O)c2cc3cc(Cl)ccc3oc2=O)c1. The third-order valence-electron chi connectivity index (χ3n) is 4.62. The second-order valence-electron chi connectivity index (χ2n) is 6.83. The second kappa shape index (κ2) is 8.85. The van der Waals surface area contributed by atoms with Gasteiger partial charge in [0.2, 0.25) is 0 Å². The Hall–Kier alpha value is -3.90. The lowest BCUT2D eigenvalue weighted by atomic mass is 10.1. The van der Waals surface area contributed by atoms with Gasteiger partial charge in [0.1, 0.15) is 11.1 Å². The Morgan fingerprint density at radius 2 is 1.68 bits per heavy atom. The maximum Gasteiger partial charge on any atom is 0.349 e. The quantitative estimate of drug-likeness (QED) is 0.450. The van der Waals surface area contributed by atoms with Gasteiger partial charge in [-0.1, -0.05) is 48.0 Å². The van der Waals surface area contributed by atoms with E-state index in [-0.39, 0.29) is 11.5 Å². The van der Waals surface area contributed by atoms with E-state index in [1.165, 1.54) is 12.1 Å². The van der Waals surface area contributed by atoms with Crippen molar-refractivity contribution in [2.75, 3.05) is 5.32 Å². The van der Waals surface area contributed by atoms with Crippen LogP contribution in [0.4, 0.5) is 5.69 Å². The molecule has 2 N–H and O–H groups in total. The van der Waals surface area contributed by atoms with Crippen LogP contribution in [0.1, 0.15) is 26.3 Å². The van der Waals surface area contributed by atoms with Crippen LogP contribution in [0.5, 0.6) is 0 Å². The number of nitrogens with one attached hydrogen (secondary N) is 2. The molecule has 0 aliphatic carbocycles. The zero-order chi connectivity index (χ0) is 21.8. The minimum absolute atomic E-state index is 0.159. The van der Waals surface area contributed by atoms with E-state index in [1.54, 1.807) is 36.4 Å². The highest BCUT2D eigenvalue weighted by molar-refractivity contribution is 6.31. The Bertz CT molecular complexity index is 1330. The molecule has 154 valence electrons. The van der Waals surface area contributed by atoms with Gasteiger partial charge in [0.15, 0.2) is 0 Å². The number of benzene rings is 3. The highest BCUT2D eigenvalue weighted by Crippen LogP contribution is 2.19. The van der Waals surface area contributed by atoms with E-state index in [9.17, 15) is 14.4 Å². The lowest BCUT2D eigenvalue weighted by molar-refractivity contribution is 0.0949. The maximum atomic E-state index is 12.7. The molecule has 0 unspecified atom stereocenters. The Labute approximate surface area is 182 Å². The predicted octanol–water partition coefficient (Wildman–Crippen LogP) is 4.63. The first-order valence-corrected chi connectivity index (χ1v) is 9.84. The molecule has 0 saturated carbocycles. The Kier molecular flexibility index (Phi) is 5.82. The van der Waals surface area contributed by atoms with Crippen molar-refractivity contribution in [1.82, 2.24) is 5.32 Å². The van der Waals surface area contributed by atoms with Gasteiger partial charge in [-0.25, -0.2) is 4.79 Å². The number of hydrogen-bond donors (Lipinski definition) is 2. The van der Waals surface area contributed by atoms with Crippen LogP contribution in [0.2, 0.25) is 5.02 Å². The smallest absolute Gasteiger partial charge is 0.349 e. The number of halogens is 1. The van der Waals surface area contributed by atoms with Gasteiger partial charge in [-0.15, -0.1) is 0 Å². The monoisotopic (exact) mass is 432 g/mol. The van der Waals surface area contributed by atoms with E-state index in [1.807, 2.05) is 30.3 Å². The lowest BCUT2D eigenvalue weighted by Gasteiger charge is -2.09. The van der Waals surface area contributed by atoms with E-state index in [0.717, 1.165) is 5.56 Å². The van der Waals surface area contributed by atoms with E-state index >= 15 is 0 Å². The van der Waals surface area contributed by atoms with Crippen LogP contribution in [0, 0.1) is 0 Å². The van der Waals surface area contributed by atoms with Crippen LogP contribution < -0.4 is 16.3 Å². The third kappa shape index (κ3) is 4.82. The van der Waals surface area contributed by atoms with Crippen molar-refractivity contribution in [3.63, 3.8) is 0 Å². The summed E-state index contributed by atoms with van der Waals surface area (Å²) in [5.41, 5.74) is 1.15. The molecular weight excluding hydrogens is 416 g/mol. The van der Waals surface area contributed by atoms with E-state index < -0.39 is 11.5 Å². The van der Waals surface area contributed by atoms with E-state index in [0.29, 0.717) is 33.8 Å². The first-order chi connectivity index (χ1) is 15.0. The molecule has 0 aliphatic rings. The van der Waals surface area contributed by atoms with Gasteiger partial charge in [-0.05, 0) is 48.0 Å². The zero-order valence-corrected chi connectivity index (χ0v) is 17.0. The highest BCUT2D eigenvalue weighted by Gasteiger charge is 2.15. The van der Waals surface area contributed by atoms with E-state index in [4.69, 9.17) is 16.0 Å². The second-order valence-corrected chi connectivity index (χ2v) is 7.27. The van der Waals surface area contributed by atoms with Crippen molar-refractivity contribution in [3.8, 4) is 0 Å². The summed E-state index contributed by atoms with van der Waals surface area (Å²) in [6.07, 6.45) is 0. The van der Waals surface area contributed by atoms with Crippen molar-refractivity contribution < 1.29 is 14.0 Å². The minimum Gasteiger partial charge on any atom is -0.422 e. The van der Waals surface area contributed by atoms with Crippen LogP contribution >= 0.6 is 11.6 Å². The first-order valence-electron chi connectivity index (χ1n) is 9.46. The van der Waals surface area contributed by atoms with Crippen molar-refractivity contribution in [3.05, 3.63) is 111 Å². The molecule has 0 spiro atoms. The molecule has 6 nitrogen and oxygen atoms in total. The Balaban J connectivity index is 1.50. The van der Waals surface area contributed by atoms with Crippen LogP contribution in [0.25, 0.3) is 11.0 Å². The molecular formula is C24H17ClN2O4. The van der Waals surface area contributed by atoms with Crippen LogP contribution in [0.15, 0.2) is 88.1 Å². The van der Waals surface area contributed by atoms with Gasteiger partial charge >= 0.3 is 5.63 Å². The average Bonchev–Trinajstić information content (AvgIpc) is 2.78. The van der Waals surface area contributed by atoms with Crippen molar-refractivity contribution in [1.29, 1.82) is 0 Å². The minimum atomic E-state index is -0.760. The molecule has 1 aromatic heterocycles. The van der Waals surface area contributed by atoms with Crippen LogP contribution in [0.3, 0.4) is 0 Å². The third-order valence-corrected chi connectivity index (χ3v) is 4.85. The molecule has 0 fully saturated rings. The molecule has 0 bridgehead atoms. The lowest BCUT2D eigenvalue weighted by Crippen LogP contribution is -2.23. The Morgan fingerprint density at radius 3 is 2.48 bits per heavy atom. The van der Waals surface area contributed by atoms with E-state index in [2.05, 4.69) is 10.6 Å². The molecule has 7 heteroatoms. The number of carbonyl (C=O) groups excluding carboxylic acids is 2. The van der Waals surface area contributed by atoms with Crippen molar-refractivity contribution in [2.45, 2.75) is 6.54 Å². The summed E-state index contributed by atoms with van der Waals surface area (Å²) in [5.74, 6) is -0.919. The number of hydrogen-bond acceptors (Lipinski definition) is 4. The number of fused-ring (bicyclic) bond motifs is 1. The number of carbonyl (C=O) groups is 2. The zero-order valence-electron chi connectivity index (χ0n) is 16.2. The standard InChI is InChI=1S/C24H17ClN2O4/c25-18-9-10-21-17(11-18)13-20(24(30)31-21)23(29)27-19-8-4-7-16(12-19)22(28)26-14-15-5-2-1-3-6-15/h1-13H,14H2,(H,26,28)(H,27,29). The summed E-state index contributed by atoms with van der Waals surface area (Å²) in [6.45, 7) is 0.386. The average molecular weight is 433 g/mol. The number of amides is 2. The normalized spacial score (nSPS) is 10.6. The van der Waals surface area contributed by atoms with Gasteiger partial charge in [0.05, 0.1) is 0 Å². The molecule has 4 aromatic rings. The Morgan fingerprint density at radius 1 is 0.871 bits per heavy atom. The molecule has 0 atom stereocenters. The molecule has 0 radical (unpaired) electrons. The largest absolute Gasteiger partial charge is 0.422 e. The molecule has 0 aliphatic heterocycles. The summed E-state index contributed by atoms with van der Waals surface area (Å²) < 4.78 is 5.20. The molecule has 2 amide bonds. The summed E-state index contributed by atoms with van der Waals surface area (Å²) in [6, 6.07) is 22.2. The maximum absolute atomic E-state index is 12.7. The number of anilines is 1. The molecule has 3 aromatic carbocycles. The molecule has 31 heavy (non-hydrogen) atoms. The van der Waals surface area contributed by atoms with Crippen molar-refractivity contribution in [2.24, 2.45) is 0 Å². The van der Waals surface area contributed by atoms with Gasteiger partial charge in [-0.2, -0.15) is 0 Å². The summed E-state index contributed by atoms with van der Waals surface area (Å²) >= 11 is 5.97.